The number of carbonyl (C=O) groups excluding carboxylic acids is 2. The SMILES string of the molecule is CN(SSN(C)C(=O)[O-])C(=O)[O-].[O]=[Mo+2]=[O]. The summed E-state index contributed by atoms with van der Waals surface area (Å²) in [5.41, 5.74) is 0. The van der Waals surface area contributed by atoms with Crippen LogP contribution in [0.25, 0.3) is 0 Å². The summed E-state index contributed by atoms with van der Waals surface area (Å²) in [6.07, 6.45) is -2.78. The summed E-state index contributed by atoms with van der Waals surface area (Å²) in [5, 5.41) is 20.2. The Kier molecular flexibility index (Phi) is 11.4. The van der Waals surface area contributed by atoms with Gasteiger partial charge >= 0.3 is 25.3 Å². The summed E-state index contributed by atoms with van der Waals surface area (Å²) < 4.78 is 18.5. The molecule has 0 saturated carbocycles. The van der Waals surface area contributed by atoms with E-state index < -0.39 is 30.7 Å². The predicted molar refractivity (Wildman–Crippen MR) is 42.9 cm³/mol. The van der Waals surface area contributed by atoms with Crippen LogP contribution in [-0.4, -0.2) is 34.9 Å². The molecule has 8 nitrogen and oxygen atoms in total. The normalized spacial score (nSPS) is 7.87. The third-order valence-electron chi connectivity index (χ3n) is 0.771. The molecule has 0 radical (unpaired) electrons. The van der Waals surface area contributed by atoms with E-state index in [1.54, 1.807) is 0 Å². The molecule has 0 atom stereocenters. The van der Waals surface area contributed by atoms with E-state index in [-0.39, 0.29) is 0 Å². The number of amides is 2. The van der Waals surface area contributed by atoms with Gasteiger partial charge in [-0.3, -0.25) is 8.61 Å². The maximum absolute atomic E-state index is 10.1. The second-order valence-corrected chi connectivity index (χ2v) is 4.37. The zero-order valence-electron chi connectivity index (χ0n) is 7.57. The summed E-state index contributed by atoms with van der Waals surface area (Å²) in [4.78, 5) is 20.2. The topological polar surface area (TPSA) is 121 Å². The number of carbonyl (C=O) groups is 2. The van der Waals surface area contributed by atoms with Gasteiger partial charge in [0.2, 0.25) is 0 Å². The molecule has 0 spiro atoms. The molecule has 86 valence electrons. The van der Waals surface area contributed by atoms with Crippen LogP contribution in [0.3, 0.4) is 0 Å². The first-order valence-corrected chi connectivity index (χ1v) is 6.73. The van der Waals surface area contributed by atoms with Crippen molar-refractivity contribution in [1.82, 2.24) is 8.61 Å². The van der Waals surface area contributed by atoms with Crippen LogP contribution in [0.2, 0.25) is 0 Å². The van der Waals surface area contributed by atoms with Crippen LogP contribution < -0.4 is 10.2 Å². The third-order valence-corrected chi connectivity index (χ3v) is 3.12. The van der Waals surface area contributed by atoms with Crippen LogP contribution in [0.5, 0.6) is 0 Å². The first kappa shape index (κ1) is 16.9. The Balaban J connectivity index is 0. The first-order chi connectivity index (χ1) is 6.86. The minimum atomic E-state index is -2.03. The van der Waals surface area contributed by atoms with E-state index in [1.807, 2.05) is 0 Å². The zero-order chi connectivity index (χ0) is 12.4. The number of carboxylic acid groups (broad SMARTS) is 2. The van der Waals surface area contributed by atoms with Crippen molar-refractivity contribution in [1.29, 1.82) is 0 Å². The van der Waals surface area contributed by atoms with Crippen molar-refractivity contribution in [3.05, 3.63) is 0 Å². The van der Waals surface area contributed by atoms with Gasteiger partial charge in [-0.2, -0.15) is 0 Å². The molecule has 2 amide bonds. The Morgan fingerprint density at radius 3 is 1.33 bits per heavy atom. The third kappa shape index (κ3) is 11.5. The average Bonchev–Trinajstić information content (AvgIpc) is 2.14. The van der Waals surface area contributed by atoms with Gasteiger partial charge in [0, 0.05) is 36.1 Å². The van der Waals surface area contributed by atoms with Crippen molar-refractivity contribution in [3.63, 3.8) is 0 Å². The van der Waals surface area contributed by atoms with Gasteiger partial charge in [0.25, 0.3) is 0 Å². The van der Waals surface area contributed by atoms with Crippen LogP contribution >= 0.6 is 22.0 Å². The van der Waals surface area contributed by atoms with Crippen molar-refractivity contribution >= 4 is 34.1 Å². The van der Waals surface area contributed by atoms with Gasteiger partial charge in [-0.05, 0) is 0 Å². The van der Waals surface area contributed by atoms with E-state index in [1.165, 1.54) is 14.1 Å². The fourth-order valence-electron chi connectivity index (χ4n) is 0.161. The van der Waals surface area contributed by atoms with Gasteiger partial charge in [0.15, 0.2) is 0 Å². The number of hydrogen-bond acceptors (Lipinski definition) is 8. The fraction of sp³-hybridized carbons (Fsp3) is 0.500. The summed E-state index contributed by atoms with van der Waals surface area (Å²) in [7, 11) is 3.92. The molecule has 11 heteroatoms. The van der Waals surface area contributed by atoms with E-state index in [0.29, 0.717) is 22.0 Å². The molecular weight excluding hydrogens is 332 g/mol. The van der Waals surface area contributed by atoms with Crippen LogP contribution in [0.1, 0.15) is 0 Å². The van der Waals surface area contributed by atoms with Crippen molar-refractivity contribution in [2.75, 3.05) is 14.1 Å². The Hall–Kier alpha value is -0.472. The fourth-order valence-corrected chi connectivity index (χ4v) is 1.45. The van der Waals surface area contributed by atoms with Crippen molar-refractivity contribution in [2.45, 2.75) is 0 Å². The molecule has 0 unspecified atom stereocenters. The van der Waals surface area contributed by atoms with Gasteiger partial charge in [0.05, 0.1) is 0 Å². The molecule has 0 aromatic carbocycles. The van der Waals surface area contributed by atoms with Crippen LogP contribution in [0.15, 0.2) is 0 Å². The van der Waals surface area contributed by atoms with Crippen LogP contribution in [0, 0.1) is 0 Å². The molecule has 15 heavy (non-hydrogen) atoms. The molecule has 0 aromatic heterocycles. The molecule has 0 saturated heterocycles. The molecule has 0 heterocycles. The second-order valence-electron chi connectivity index (χ2n) is 1.74. The molecule has 0 aliphatic carbocycles. The number of nitrogens with zero attached hydrogens (tertiary/aromatic N) is 2. The van der Waals surface area contributed by atoms with Gasteiger partial charge in [-0.25, -0.2) is 0 Å². The van der Waals surface area contributed by atoms with E-state index in [0.717, 1.165) is 8.61 Å². The zero-order valence-corrected chi connectivity index (χ0v) is 11.2. The van der Waals surface area contributed by atoms with Crippen molar-refractivity contribution < 1.29 is 45.1 Å². The van der Waals surface area contributed by atoms with Gasteiger partial charge in [-0.1, -0.05) is 0 Å². The Morgan fingerprint density at radius 2 is 1.20 bits per heavy atom. The van der Waals surface area contributed by atoms with Gasteiger partial charge in [-0.15, -0.1) is 0 Å². The molecular formula is C4H6MoN2O6S2. The van der Waals surface area contributed by atoms with E-state index in [9.17, 15) is 19.8 Å². The van der Waals surface area contributed by atoms with E-state index in [2.05, 4.69) is 0 Å². The monoisotopic (exact) mass is 340 g/mol. The molecule has 0 fully saturated rings. The quantitative estimate of drug-likeness (QED) is 0.347. The molecule has 0 bridgehead atoms. The van der Waals surface area contributed by atoms with Gasteiger partial charge < -0.3 is 19.8 Å². The molecule has 0 N–H and O–H groups in total. The first-order valence-electron chi connectivity index (χ1n) is 3.02. The number of rotatable bonds is 3. The van der Waals surface area contributed by atoms with Crippen LogP contribution in [-0.2, 0) is 25.3 Å². The average molecular weight is 338 g/mol. The standard InChI is InChI=1S/C4H8N2O4S2.Mo.2O/c1-5(3(7)8)11-12-6(2)4(9)10;;;/h1-2H3,(H,7,8)(H,9,10);;;/q;+2;;/p-2. The minimum absolute atomic E-state index is 0.714. The Labute approximate surface area is 102 Å². The predicted octanol–water partition coefficient (Wildman–Crippen LogP) is -1.49. The molecule has 0 rings (SSSR count). The Bertz CT molecular complexity index is 238. The van der Waals surface area contributed by atoms with E-state index >= 15 is 0 Å². The van der Waals surface area contributed by atoms with E-state index in [4.69, 9.17) is 6.80 Å². The van der Waals surface area contributed by atoms with Crippen molar-refractivity contribution in [2.24, 2.45) is 0 Å². The van der Waals surface area contributed by atoms with Crippen LogP contribution in [0.4, 0.5) is 9.59 Å². The summed E-state index contributed by atoms with van der Waals surface area (Å²) in [6, 6.07) is 0. The Morgan fingerprint density at radius 1 is 1.00 bits per heavy atom. The second kappa shape index (κ2) is 10.1. The molecule has 0 aliphatic heterocycles. The summed E-state index contributed by atoms with van der Waals surface area (Å²) >= 11 is -2.03. The molecule has 0 aromatic rings. The summed E-state index contributed by atoms with van der Waals surface area (Å²) in [5.74, 6) is 0. The number of hydrogen-bond donors (Lipinski definition) is 0. The van der Waals surface area contributed by atoms with Gasteiger partial charge in [0.1, 0.15) is 12.2 Å². The van der Waals surface area contributed by atoms with Crippen molar-refractivity contribution in [3.8, 4) is 0 Å². The summed E-state index contributed by atoms with van der Waals surface area (Å²) in [6.45, 7) is 0. The maximum atomic E-state index is 10.1. The molecule has 0 aliphatic rings.